The molecule has 2 heterocycles. The van der Waals surface area contributed by atoms with Gasteiger partial charge in [-0.3, -0.25) is 9.59 Å². The van der Waals surface area contributed by atoms with Crippen molar-refractivity contribution in [3.05, 3.63) is 69.6 Å². The Bertz CT molecular complexity index is 1320. The number of fused-ring (bicyclic) bond motifs is 1. The number of hydrogen-bond acceptors (Lipinski definition) is 6. The summed E-state index contributed by atoms with van der Waals surface area (Å²) in [7, 11) is 0. The van der Waals surface area contributed by atoms with Crippen LogP contribution >= 0.6 is 22.9 Å². The summed E-state index contributed by atoms with van der Waals surface area (Å²) >= 11 is 7.77. The van der Waals surface area contributed by atoms with Crippen LogP contribution in [0.5, 0.6) is 0 Å². The number of anilines is 1. The Morgan fingerprint density at radius 1 is 1.24 bits per heavy atom. The number of rotatable bonds is 7. The molecule has 4 rings (SSSR count). The molecule has 3 N–H and O–H groups in total. The SMILES string of the molecule is CC(C)(CO)C(=O)NCc1ccc(Cl)c(C(=O)Nc2cccc3c2cnn3-c2cscn2)c1. The van der Waals surface area contributed by atoms with Crippen LogP contribution in [0.25, 0.3) is 16.7 Å². The number of aromatic nitrogens is 3. The van der Waals surface area contributed by atoms with Gasteiger partial charge in [-0.25, -0.2) is 9.67 Å². The second-order valence-electron chi connectivity index (χ2n) is 8.13. The highest BCUT2D eigenvalue weighted by atomic mass is 35.5. The number of thiazole rings is 1. The summed E-state index contributed by atoms with van der Waals surface area (Å²) in [5.74, 6) is 0.0492. The monoisotopic (exact) mass is 483 g/mol. The minimum Gasteiger partial charge on any atom is -0.395 e. The van der Waals surface area contributed by atoms with Crippen LogP contribution in [-0.4, -0.2) is 38.3 Å². The van der Waals surface area contributed by atoms with Crippen molar-refractivity contribution in [3.8, 4) is 5.82 Å². The van der Waals surface area contributed by atoms with Crippen LogP contribution in [0.3, 0.4) is 0 Å². The van der Waals surface area contributed by atoms with Gasteiger partial charge in [-0.15, -0.1) is 11.3 Å². The van der Waals surface area contributed by atoms with E-state index in [4.69, 9.17) is 11.6 Å². The second kappa shape index (κ2) is 9.30. The van der Waals surface area contributed by atoms with Crippen molar-refractivity contribution in [1.82, 2.24) is 20.1 Å². The molecule has 10 heteroatoms. The van der Waals surface area contributed by atoms with E-state index in [1.54, 1.807) is 54.5 Å². The van der Waals surface area contributed by atoms with Crippen molar-refractivity contribution < 1.29 is 14.7 Å². The Hall–Kier alpha value is -3.27. The third-order valence-corrected chi connectivity index (χ3v) is 6.14. The van der Waals surface area contributed by atoms with Gasteiger partial charge in [-0.1, -0.05) is 23.7 Å². The predicted molar refractivity (Wildman–Crippen MR) is 129 cm³/mol. The number of hydrogen-bond donors (Lipinski definition) is 3. The minimum absolute atomic E-state index is 0.204. The molecule has 0 aliphatic rings. The quantitative estimate of drug-likeness (QED) is 0.368. The fourth-order valence-electron chi connectivity index (χ4n) is 3.19. The van der Waals surface area contributed by atoms with E-state index in [0.29, 0.717) is 22.1 Å². The van der Waals surface area contributed by atoms with Gasteiger partial charge in [0.05, 0.1) is 45.5 Å². The third-order valence-electron chi connectivity index (χ3n) is 5.24. The highest BCUT2D eigenvalue weighted by molar-refractivity contribution is 7.07. The highest BCUT2D eigenvalue weighted by Crippen LogP contribution is 2.27. The smallest absolute Gasteiger partial charge is 0.257 e. The molecule has 8 nitrogen and oxygen atoms in total. The summed E-state index contributed by atoms with van der Waals surface area (Å²) < 4.78 is 1.71. The van der Waals surface area contributed by atoms with Gasteiger partial charge in [0, 0.05) is 17.3 Å². The molecule has 170 valence electrons. The maximum absolute atomic E-state index is 13.1. The molecule has 0 fully saturated rings. The molecule has 2 amide bonds. The van der Waals surface area contributed by atoms with Crippen LogP contribution in [0.15, 0.2) is 53.5 Å². The fourth-order valence-corrected chi connectivity index (χ4v) is 3.91. The van der Waals surface area contributed by atoms with Gasteiger partial charge in [0.25, 0.3) is 5.91 Å². The van der Waals surface area contributed by atoms with Crippen molar-refractivity contribution in [2.45, 2.75) is 20.4 Å². The maximum Gasteiger partial charge on any atom is 0.257 e. The summed E-state index contributed by atoms with van der Waals surface area (Å²) in [4.78, 5) is 29.6. The fraction of sp³-hybridized carbons (Fsp3) is 0.217. The minimum atomic E-state index is -0.895. The lowest BCUT2D eigenvalue weighted by molar-refractivity contribution is -0.131. The summed E-state index contributed by atoms with van der Waals surface area (Å²) in [6.07, 6.45) is 1.68. The predicted octanol–water partition coefficient (Wildman–Crippen LogP) is 4.02. The third kappa shape index (κ3) is 4.75. The first-order valence-corrected chi connectivity index (χ1v) is 11.5. The standard InChI is InChI=1S/C23H22ClN5O3S/c1-23(2,12-30)22(32)25-9-14-6-7-17(24)15(8-14)21(31)28-18-4-3-5-19-16(18)10-27-29(19)20-11-33-13-26-20/h3-8,10-11,13,30H,9,12H2,1-2H3,(H,25,32)(H,28,31). The number of carbonyl (C=O) groups excluding carboxylic acids is 2. The second-order valence-corrected chi connectivity index (χ2v) is 9.26. The molecule has 0 unspecified atom stereocenters. The number of halogens is 1. The van der Waals surface area contributed by atoms with Gasteiger partial charge in [0.2, 0.25) is 5.91 Å². The first kappa shape index (κ1) is 22.9. The number of aliphatic hydroxyl groups excluding tert-OH is 1. The number of nitrogens with one attached hydrogen (secondary N) is 2. The molecule has 0 aliphatic carbocycles. The number of amides is 2. The van der Waals surface area contributed by atoms with Crippen molar-refractivity contribution in [1.29, 1.82) is 0 Å². The van der Waals surface area contributed by atoms with E-state index >= 15 is 0 Å². The van der Waals surface area contributed by atoms with Gasteiger partial charge in [-0.05, 0) is 43.7 Å². The van der Waals surface area contributed by atoms with Crippen molar-refractivity contribution in [3.63, 3.8) is 0 Å². The molecule has 0 saturated heterocycles. The lowest BCUT2D eigenvalue weighted by Crippen LogP contribution is -2.38. The topological polar surface area (TPSA) is 109 Å². The molecule has 0 atom stereocenters. The zero-order chi connectivity index (χ0) is 23.6. The lowest BCUT2D eigenvalue weighted by Gasteiger charge is -2.20. The van der Waals surface area contributed by atoms with E-state index < -0.39 is 5.41 Å². The molecule has 33 heavy (non-hydrogen) atoms. The summed E-state index contributed by atoms with van der Waals surface area (Å²) in [5, 5.41) is 22.4. The van der Waals surface area contributed by atoms with Crippen molar-refractivity contribution >= 4 is 51.3 Å². The van der Waals surface area contributed by atoms with Gasteiger partial charge < -0.3 is 15.7 Å². The van der Waals surface area contributed by atoms with Crippen molar-refractivity contribution in [2.24, 2.45) is 5.41 Å². The van der Waals surface area contributed by atoms with Gasteiger partial charge in [0.15, 0.2) is 5.82 Å². The molecular weight excluding hydrogens is 462 g/mol. The summed E-state index contributed by atoms with van der Waals surface area (Å²) in [6, 6.07) is 10.5. The van der Waals surface area contributed by atoms with Crippen LogP contribution in [0.1, 0.15) is 29.8 Å². The lowest BCUT2D eigenvalue weighted by atomic mass is 9.93. The molecular formula is C23H22ClN5O3S. The molecule has 2 aromatic carbocycles. The normalized spacial score (nSPS) is 11.5. The highest BCUT2D eigenvalue weighted by Gasteiger charge is 2.26. The van der Waals surface area contributed by atoms with E-state index in [1.807, 2.05) is 17.5 Å². The van der Waals surface area contributed by atoms with Gasteiger partial charge >= 0.3 is 0 Å². The molecule has 0 aliphatic heterocycles. The average molecular weight is 484 g/mol. The molecule has 0 spiro atoms. The Labute approximate surface area is 199 Å². The van der Waals surface area contributed by atoms with E-state index in [9.17, 15) is 14.7 Å². The Balaban J connectivity index is 1.55. The van der Waals surface area contributed by atoms with E-state index in [-0.39, 0.29) is 30.5 Å². The largest absolute Gasteiger partial charge is 0.395 e. The number of nitrogens with zero attached hydrogens (tertiary/aromatic N) is 3. The van der Waals surface area contributed by atoms with E-state index in [1.165, 1.54) is 11.3 Å². The number of aliphatic hydroxyl groups is 1. The number of benzene rings is 2. The van der Waals surface area contributed by atoms with Crippen LogP contribution < -0.4 is 10.6 Å². The molecule has 0 saturated carbocycles. The summed E-state index contributed by atoms with van der Waals surface area (Å²) in [5.41, 5.74) is 3.24. The number of carbonyl (C=O) groups is 2. The van der Waals surface area contributed by atoms with E-state index in [2.05, 4.69) is 20.7 Å². The van der Waals surface area contributed by atoms with Gasteiger partial charge in [-0.2, -0.15) is 5.10 Å². The zero-order valence-electron chi connectivity index (χ0n) is 18.0. The summed E-state index contributed by atoms with van der Waals surface area (Å²) in [6.45, 7) is 3.24. The molecule has 0 radical (unpaired) electrons. The van der Waals surface area contributed by atoms with E-state index in [0.717, 1.165) is 10.9 Å². The Morgan fingerprint density at radius 2 is 2.06 bits per heavy atom. The Morgan fingerprint density at radius 3 is 2.79 bits per heavy atom. The van der Waals surface area contributed by atoms with Crippen LogP contribution in [-0.2, 0) is 11.3 Å². The zero-order valence-corrected chi connectivity index (χ0v) is 19.6. The van der Waals surface area contributed by atoms with Crippen LogP contribution in [0.4, 0.5) is 5.69 Å². The molecule has 4 aromatic rings. The van der Waals surface area contributed by atoms with Crippen molar-refractivity contribution in [2.75, 3.05) is 11.9 Å². The first-order chi connectivity index (χ1) is 15.8. The van der Waals surface area contributed by atoms with Crippen LogP contribution in [0.2, 0.25) is 5.02 Å². The average Bonchev–Trinajstić information content (AvgIpc) is 3.48. The first-order valence-electron chi connectivity index (χ1n) is 10.1. The molecule has 0 bridgehead atoms. The maximum atomic E-state index is 13.1. The molecule has 2 aromatic heterocycles. The van der Waals surface area contributed by atoms with Gasteiger partial charge in [0.1, 0.15) is 0 Å². The van der Waals surface area contributed by atoms with Crippen LogP contribution in [0, 0.1) is 5.41 Å². The Kier molecular flexibility index (Phi) is 6.46.